The number of benzene rings is 1. The van der Waals surface area contributed by atoms with Gasteiger partial charge in [0, 0.05) is 18.3 Å². The van der Waals surface area contributed by atoms with Crippen molar-refractivity contribution in [1.29, 1.82) is 0 Å². The monoisotopic (exact) mass is 283 g/mol. The number of nitrogens with one attached hydrogen (secondary N) is 1. The summed E-state index contributed by atoms with van der Waals surface area (Å²) in [5.41, 5.74) is 2.31. The van der Waals surface area contributed by atoms with Crippen molar-refractivity contribution in [1.82, 2.24) is 5.43 Å². The molecule has 1 rings (SSSR count). The zero-order valence-corrected chi connectivity index (χ0v) is 11.3. The van der Waals surface area contributed by atoms with E-state index >= 15 is 0 Å². The lowest BCUT2D eigenvalue weighted by Crippen LogP contribution is -2.18. The van der Waals surface area contributed by atoms with Crippen molar-refractivity contribution in [3.63, 3.8) is 0 Å². The largest absolute Gasteiger partial charge is 0.272 e. The second-order valence-corrected chi connectivity index (χ2v) is 4.71. The van der Waals surface area contributed by atoms with Crippen LogP contribution < -0.4 is 5.43 Å². The predicted molar refractivity (Wildman–Crippen MR) is 73.5 cm³/mol. The van der Waals surface area contributed by atoms with E-state index < -0.39 is 10.8 Å². The van der Waals surface area contributed by atoms with Crippen molar-refractivity contribution in [2.45, 2.75) is 20.3 Å². The van der Waals surface area contributed by atoms with E-state index in [0.717, 1.165) is 12.5 Å². The molecule has 102 valence electrons. The van der Waals surface area contributed by atoms with Gasteiger partial charge in [0.1, 0.15) is 0 Å². The fraction of sp³-hybridized carbons (Fsp3) is 0.333. The van der Waals surface area contributed by atoms with Gasteiger partial charge in [-0.05, 0) is 18.4 Å². The first-order valence-corrected chi connectivity index (χ1v) is 6.05. The minimum atomic E-state index is -0.575. The van der Waals surface area contributed by atoms with Gasteiger partial charge in [0.15, 0.2) is 0 Å². The van der Waals surface area contributed by atoms with Crippen LogP contribution in [-0.2, 0) is 0 Å². The van der Waals surface area contributed by atoms with Gasteiger partial charge in [0.25, 0.3) is 11.6 Å². The Morgan fingerprint density at radius 3 is 2.79 bits per heavy atom. The van der Waals surface area contributed by atoms with Gasteiger partial charge in [-0.1, -0.05) is 25.4 Å². The Morgan fingerprint density at radius 2 is 2.26 bits per heavy atom. The zero-order chi connectivity index (χ0) is 14.4. The Balaban J connectivity index is 2.72. The fourth-order valence-corrected chi connectivity index (χ4v) is 1.49. The van der Waals surface area contributed by atoms with Crippen LogP contribution >= 0.6 is 11.6 Å². The summed E-state index contributed by atoms with van der Waals surface area (Å²) < 4.78 is 0. The van der Waals surface area contributed by atoms with Crippen LogP contribution in [0.2, 0.25) is 5.02 Å². The van der Waals surface area contributed by atoms with E-state index in [4.69, 9.17) is 11.6 Å². The fourth-order valence-electron chi connectivity index (χ4n) is 1.23. The molecule has 0 unspecified atom stereocenters. The zero-order valence-electron chi connectivity index (χ0n) is 10.6. The number of nitro groups is 1. The second kappa shape index (κ2) is 6.84. The number of carbonyl (C=O) groups excluding carboxylic acids is 1. The number of halogens is 1. The molecule has 0 atom stereocenters. The summed E-state index contributed by atoms with van der Waals surface area (Å²) in [6.45, 7) is 4.06. The summed E-state index contributed by atoms with van der Waals surface area (Å²) in [7, 11) is 0. The highest BCUT2D eigenvalue weighted by molar-refractivity contribution is 6.34. The molecule has 0 heterocycles. The molecule has 0 aromatic heterocycles. The van der Waals surface area contributed by atoms with Gasteiger partial charge < -0.3 is 0 Å². The number of hydrogen-bond donors (Lipinski definition) is 1. The molecule has 19 heavy (non-hydrogen) atoms. The van der Waals surface area contributed by atoms with Gasteiger partial charge in [-0.2, -0.15) is 5.10 Å². The normalized spacial score (nSPS) is 10.9. The molecule has 1 N–H and O–H groups in total. The first kappa shape index (κ1) is 15.1. The summed E-state index contributed by atoms with van der Waals surface area (Å²) in [6, 6.07) is 3.65. The van der Waals surface area contributed by atoms with Crippen LogP contribution in [0.1, 0.15) is 30.6 Å². The Kier molecular flexibility index (Phi) is 5.44. The van der Waals surface area contributed by atoms with E-state index in [9.17, 15) is 14.9 Å². The van der Waals surface area contributed by atoms with Gasteiger partial charge in [-0.3, -0.25) is 14.9 Å². The molecule has 1 aromatic carbocycles. The van der Waals surface area contributed by atoms with Crippen LogP contribution in [0, 0.1) is 16.0 Å². The van der Waals surface area contributed by atoms with E-state index in [0.29, 0.717) is 5.92 Å². The predicted octanol–water partition coefficient (Wildman–Crippen LogP) is 3.01. The average Bonchev–Trinajstić information content (AvgIpc) is 2.33. The van der Waals surface area contributed by atoms with Crippen molar-refractivity contribution in [3.05, 3.63) is 38.9 Å². The lowest BCUT2D eigenvalue weighted by molar-refractivity contribution is -0.384. The number of nitrogens with zero attached hydrogens (tertiary/aromatic N) is 2. The molecular formula is C12H14ClN3O3. The van der Waals surface area contributed by atoms with Crippen molar-refractivity contribution >= 4 is 29.4 Å². The molecule has 1 aromatic rings. The molecule has 0 saturated heterocycles. The highest BCUT2D eigenvalue weighted by Gasteiger charge is 2.14. The van der Waals surface area contributed by atoms with Crippen molar-refractivity contribution in [3.8, 4) is 0 Å². The van der Waals surface area contributed by atoms with Crippen LogP contribution in [0.15, 0.2) is 23.3 Å². The van der Waals surface area contributed by atoms with Crippen LogP contribution in [0.25, 0.3) is 0 Å². The lowest BCUT2D eigenvalue weighted by atomic mass is 10.2. The molecule has 1 amide bonds. The molecule has 0 aliphatic rings. The Morgan fingerprint density at radius 1 is 1.58 bits per heavy atom. The highest BCUT2D eigenvalue weighted by Crippen LogP contribution is 2.22. The van der Waals surface area contributed by atoms with E-state index in [2.05, 4.69) is 10.5 Å². The summed E-state index contributed by atoms with van der Waals surface area (Å²) in [5.74, 6) is -0.0523. The Hall–Kier alpha value is -1.95. The summed E-state index contributed by atoms with van der Waals surface area (Å²) in [5, 5.41) is 14.3. The minimum Gasteiger partial charge on any atom is -0.267 e. The van der Waals surface area contributed by atoms with Crippen LogP contribution in [0.5, 0.6) is 0 Å². The maximum atomic E-state index is 11.7. The molecule has 0 fully saturated rings. The third-order valence-electron chi connectivity index (χ3n) is 2.24. The van der Waals surface area contributed by atoms with Gasteiger partial charge in [-0.15, -0.1) is 0 Å². The number of carbonyl (C=O) groups is 1. The Bertz CT molecular complexity index is 515. The minimum absolute atomic E-state index is 0.0192. The van der Waals surface area contributed by atoms with Crippen molar-refractivity contribution in [2.75, 3.05) is 0 Å². The van der Waals surface area contributed by atoms with E-state index in [-0.39, 0.29) is 16.3 Å². The van der Waals surface area contributed by atoms with Gasteiger partial charge in [0.05, 0.1) is 15.5 Å². The number of hydrogen-bond acceptors (Lipinski definition) is 4. The third kappa shape index (κ3) is 4.67. The van der Waals surface area contributed by atoms with Crippen LogP contribution in [0.4, 0.5) is 5.69 Å². The highest BCUT2D eigenvalue weighted by atomic mass is 35.5. The summed E-state index contributed by atoms with van der Waals surface area (Å²) in [4.78, 5) is 21.7. The summed E-state index contributed by atoms with van der Waals surface area (Å²) >= 11 is 5.81. The topological polar surface area (TPSA) is 84.6 Å². The molecule has 0 radical (unpaired) electrons. The van der Waals surface area contributed by atoms with Gasteiger partial charge in [-0.25, -0.2) is 5.43 Å². The summed E-state index contributed by atoms with van der Waals surface area (Å²) in [6.07, 6.45) is 2.34. The van der Waals surface area contributed by atoms with Crippen molar-refractivity contribution < 1.29 is 9.72 Å². The van der Waals surface area contributed by atoms with Gasteiger partial charge in [0.2, 0.25) is 0 Å². The molecule has 0 bridgehead atoms. The molecule has 0 aliphatic heterocycles. The maximum Gasteiger partial charge on any atom is 0.272 e. The average molecular weight is 284 g/mol. The first-order valence-electron chi connectivity index (χ1n) is 5.67. The molecule has 6 nitrogen and oxygen atoms in total. The number of amides is 1. The standard InChI is InChI=1S/C12H14ClN3O3/c1-8(2)5-6-14-15-12(17)10-4-3-9(16(18)19)7-11(10)13/h3-4,6-8H,5H2,1-2H3,(H,15,17)/b14-6+. The van der Waals surface area contributed by atoms with E-state index in [1.807, 2.05) is 13.8 Å². The van der Waals surface area contributed by atoms with Crippen LogP contribution in [-0.4, -0.2) is 17.0 Å². The number of non-ortho nitro benzene ring substituents is 1. The molecule has 0 saturated carbocycles. The number of rotatable bonds is 5. The van der Waals surface area contributed by atoms with Crippen molar-refractivity contribution in [2.24, 2.45) is 11.0 Å². The number of hydrazone groups is 1. The SMILES string of the molecule is CC(C)C/C=N/NC(=O)c1ccc([N+](=O)[O-])cc1Cl. The van der Waals surface area contributed by atoms with Crippen LogP contribution in [0.3, 0.4) is 0 Å². The molecule has 7 heteroatoms. The Labute approximate surface area is 115 Å². The molecular weight excluding hydrogens is 270 g/mol. The third-order valence-corrected chi connectivity index (χ3v) is 2.56. The van der Waals surface area contributed by atoms with Gasteiger partial charge >= 0.3 is 0 Å². The molecule has 0 spiro atoms. The molecule has 0 aliphatic carbocycles. The van der Waals surface area contributed by atoms with E-state index in [1.54, 1.807) is 6.21 Å². The second-order valence-electron chi connectivity index (χ2n) is 4.30. The smallest absolute Gasteiger partial charge is 0.267 e. The lowest BCUT2D eigenvalue weighted by Gasteiger charge is -2.02. The maximum absolute atomic E-state index is 11.7. The number of nitro benzene ring substituents is 1. The first-order chi connectivity index (χ1) is 8.91. The van der Waals surface area contributed by atoms with E-state index in [1.165, 1.54) is 12.1 Å². The quantitative estimate of drug-likeness (QED) is 0.512.